The zero-order chi connectivity index (χ0) is 16.4. The highest BCUT2D eigenvalue weighted by molar-refractivity contribution is 6.31. The Balaban J connectivity index is 0.00000208. The molecule has 0 atom stereocenters. The number of hydrogen-bond donors (Lipinski definition) is 2. The highest BCUT2D eigenvalue weighted by Gasteiger charge is 2.22. The zero-order valence-electron chi connectivity index (χ0n) is 13.8. The summed E-state index contributed by atoms with van der Waals surface area (Å²) in [6.45, 7) is 7.02. The molecule has 1 aliphatic heterocycles. The molecule has 3 rings (SSSR count). The maximum absolute atomic E-state index is 12.5. The molecule has 1 aliphatic rings. The van der Waals surface area contributed by atoms with Crippen molar-refractivity contribution in [3.05, 3.63) is 51.8 Å². The number of carbonyl (C=O) groups is 1. The molecular formula is C17H22Cl2N4O. The molecule has 1 aromatic carbocycles. The number of aromatic nitrogens is 2. The minimum Gasteiger partial charge on any atom is -0.352 e. The molecule has 2 aromatic rings. The van der Waals surface area contributed by atoms with E-state index < -0.39 is 0 Å². The quantitative estimate of drug-likeness (QED) is 0.852. The number of hydrogen-bond acceptors (Lipinski definition) is 3. The lowest BCUT2D eigenvalue weighted by Gasteiger charge is -2.27. The number of halogens is 2. The fourth-order valence-electron chi connectivity index (χ4n) is 2.79. The van der Waals surface area contributed by atoms with E-state index >= 15 is 0 Å². The van der Waals surface area contributed by atoms with Crippen molar-refractivity contribution >= 4 is 29.9 Å². The van der Waals surface area contributed by atoms with Gasteiger partial charge in [-0.15, -0.1) is 12.4 Å². The van der Waals surface area contributed by atoms with Crippen molar-refractivity contribution in [2.45, 2.75) is 20.4 Å². The predicted molar refractivity (Wildman–Crippen MR) is 98.2 cm³/mol. The maximum atomic E-state index is 12.5. The van der Waals surface area contributed by atoms with E-state index in [0.717, 1.165) is 30.0 Å². The van der Waals surface area contributed by atoms with Gasteiger partial charge in [0, 0.05) is 36.3 Å². The molecule has 5 nitrogen and oxygen atoms in total. The molecule has 1 fully saturated rings. The van der Waals surface area contributed by atoms with E-state index in [-0.39, 0.29) is 18.3 Å². The molecule has 0 radical (unpaired) electrons. The third kappa shape index (κ3) is 3.91. The van der Waals surface area contributed by atoms with Crippen LogP contribution in [0.1, 0.15) is 27.3 Å². The monoisotopic (exact) mass is 368 g/mol. The Hall–Kier alpha value is -1.56. The Bertz CT molecular complexity index is 725. The Labute approximate surface area is 153 Å². The molecule has 0 bridgehead atoms. The van der Waals surface area contributed by atoms with Gasteiger partial charge in [-0.25, -0.2) is 0 Å². The van der Waals surface area contributed by atoms with E-state index in [1.165, 1.54) is 0 Å². The summed E-state index contributed by atoms with van der Waals surface area (Å²) in [6, 6.07) is 7.69. The van der Waals surface area contributed by atoms with Crippen LogP contribution in [0.5, 0.6) is 0 Å². The fraction of sp³-hybridized carbons (Fsp3) is 0.412. The van der Waals surface area contributed by atoms with Crippen LogP contribution < -0.4 is 10.6 Å². The molecule has 7 heteroatoms. The van der Waals surface area contributed by atoms with Crippen molar-refractivity contribution in [2.24, 2.45) is 5.92 Å². The second kappa shape index (κ2) is 8.01. The summed E-state index contributed by atoms with van der Waals surface area (Å²) in [5.74, 6) is 0.495. The summed E-state index contributed by atoms with van der Waals surface area (Å²) in [4.78, 5) is 12.5. The first-order valence-electron chi connectivity index (χ1n) is 7.82. The van der Waals surface area contributed by atoms with E-state index in [2.05, 4.69) is 15.7 Å². The summed E-state index contributed by atoms with van der Waals surface area (Å²) in [5.41, 5.74) is 3.28. The van der Waals surface area contributed by atoms with Crippen LogP contribution in [-0.2, 0) is 6.54 Å². The van der Waals surface area contributed by atoms with Crippen LogP contribution in [-0.4, -0.2) is 35.3 Å². The molecule has 0 unspecified atom stereocenters. The first-order chi connectivity index (χ1) is 11.1. The van der Waals surface area contributed by atoms with Gasteiger partial charge in [-0.3, -0.25) is 9.48 Å². The van der Waals surface area contributed by atoms with Crippen molar-refractivity contribution in [1.82, 2.24) is 20.4 Å². The lowest BCUT2D eigenvalue weighted by atomic mass is 10.0. The van der Waals surface area contributed by atoms with Gasteiger partial charge in [-0.05, 0) is 25.5 Å². The molecule has 0 spiro atoms. The van der Waals surface area contributed by atoms with Crippen molar-refractivity contribution in [3.8, 4) is 0 Å². The number of nitrogens with zero attached hydrogens (tertiary/aromatic N) is 2. The van der Waals surface area contributed by atoms with Crippen LogP contribution in [0, 0.1) is 19.8 Å². The minimum absolute atomic E-state index is 0. The molecule has 1 amide bonds. The highest BCUT2D eigenvalue weighted by atomic mass is 35.5. The Morgan fingerprint density at radius 3 is 2.71 bits per heavy atom. The molecule has 24 heavy (non-hydrogen) atoms. The Morgan fingerprint density at radius 2 is 2.08 bits per heavy atom. The van der Waals surface area contributed by atoms with Crippen LogP contribution in [0.3, 0.4) is 0 Å². The highest BCUT2D eigenvalue weighted by Crippen LogP contribution is 2.19. The van der Waals surface area contributed by atoms with Gasteiger partial charge in [0.2, 0.25) is 0 Å². The van der Waals surface area contributed by atoms with Gasteiger partial charge in [0.15, 0.2) is 0 Å². The number of rotatable bonds is 5. The zero-order valence-corrected chi connectivity index (χ0v) is 15.4. The van der Waals surface area contributed by atoms with E-state index in [0.29, 0.717) is 29.6 Å². The summed E-state index contributed by atoms with van der Waals surface area (Å²) in [6.07, 6.45) is 0. The lowest BCUT2D eigenvalue weighted by Crippen LogP contribution is -2.48. The van der Waals surface area contributed by atoms with E-state index in [1.54, 1.807) is 0 Å². The topological polar surface area (TPSA) is 59.0 Å². The standard InChI is InChI=1S/C17H21ClN4O.ClH/c1-11-16(17(23)20-9-13-7-19-8-13)12(2)22(21-11)10-14-5-3-4-6-15(14)18;/h3-6,13,19H,7-10H2,1-2H3,(H,20,23);1H. The Kier molecular flexibility index (Phi) is 6.27. The third-order valence-corrected chi connectivity index (χ3v) is 4.67. The van der Waals surface area contributed by atoms with Crippen molar-refractivity contribution in [3.63, 3.8) is 0 Å². The number of benzene rings is 1. The van der Waals surface area contributed by atoms with Gasteiger partial charge < -0.3 is 10.6 Å². The third-order valence-electron chi connectivity index (χ3n) is 4.30. The van der Waals surface area contributed by atoms with Gasteiger partial charge >= 0.3 is 0 Å². The molecule has 0 saturated carbocycles. The van der Waals surface area contributed by atoms with Gasteiger partial charge in [0.05, 0.1) is 17.8 Å². The molecule has 0 aliphatic carbocycles. The van der Waals surface area contributed by atoms with E-state index in [1.807, 2.05) is 42.8 Å². The van der Waals surface area contributed by atoms with Crippen molar-refractivity contribution < 1.29 is 4.79 Å². The van der Waals surface area contributed by atoms with Gasteiger partial charge in [0.25, 0.3) is 5.91 Å². The van der Waals surface area contributed by atoms with Crippen LogP contribution in [0.2, 0.25) is 5.02 Å². The number of amides is 1. The first-order valence-corrected chi connectivity index (χ1v) is 8.20. The molecule has 130 valence electrons. The molecule has 2 heterocycles. The van der Waals surface area contributed by atoms with Gasteiger partial charge in [0.1, 0.15) is 0 Å². The normalized spacial score (nSPS) is 14.0. The maximum Gasteiger partial charge on any atom is 0.255 e. The molecular weight excluding hydrogens is 347 g/mol. The summed E-state index contributed by atoms with van der Waals surface area (Å²) >= 11 is 6.22. The van der Waals surface area contributed by atoms with Gasteiger partial charge in [-0.2, -0.15) is 5.10 Å². The first kappa shape index (κ1) is 18.8. The predicted octanol–water partition coefficient (Wildman–Crippen LogP) is 2.57. The van der Waals surface area contributed by atoms with Crippen LogP contribution in [0.4, 0.5) is 0 Å². The second-order valence-corrected chi connectivity index (χ2v) is 6.44. The summed E-state index contributed by atoms with van der Waals surface area (Å²) in [5, 5.41) is 11.4. The molecule has 2 N–H and O–H groups in total. The average molecular weight is 369 g/mol. The second-order valence-electron chi connectivity index (χ2n) is 6.03. The smallest absolute Gasteiger partial charge is 0.255 e. The summed E-state index contributed by atoms with van der Waals surface area (Å²) < 4.78 is 1.84. The van der Waals surface area contributed by atoms with E-state index in [9.17, 15) is 4.79 Å². The van der Waals surface area contributed by atoms with Crippen molar-refractivity contribution in [2.75, 3.05) is 19.6 Å². The number of aryl methyl sites for hydroxylation is 1. The van der Waals surface area contributed by atoms with Crippen LogP contribution in [0.15, 0.2) is 24.3 Å². The van der Waals surface area contributed by atoms with Crippen LogP contribution in [0.25, 0.3) is 0 Å². The minimum atomic E-state index is -0.0442. The number of carbonyl (C=O) groups excluding carboxylic acids is 1. The van der Waals surface area contributed by atoms with Gasteiger partial charge in [-0.1, -0.05) is 29.8 Å². The average Bonchev–Trinajstić information content (AvgIpc) is 2.74. The lowest BCUT2D eigenvalue weighted by molar-refractivity contribution is 0.0941. The SMILES string of the molecule is Cc1nn(Cc2ccccc2Cl)c(C)c1C(=O)NCC1CNC1.Cl. The fourth-order valence-corrected chi connectivity index (χ4v) is 2.98. The number of nitrogens with one attached hydrogen (secondary N) is 2. The van der Waals surface area contributed by atoms with Crippen molar-refractivity contribution in [1.29, 1.82) is 0 Å². The Morgan fingerprint density at radius 1 is 1.38 bits per heavy atom. The largest absolute Gasteiger partial charge is 0.352 e. The molecule has 1 saturated heterocycles. The van der Waals surface area contributed by atoms with Crippen LogP contribution >= 0.6 is 24.0 Å². The van der Waals surface area contributed by atoms with E-state index in [4.69, 9.17) is 11.6 Å². The molecule has 1 aromatic heterocycles. The summed E-state index contributed by atoms with van der Waals surface area (Å²) in [7, 11) is 0.